The van der Waals surface area contributed by atoms with E-state index in [1.807, 2.05) is 12.1 Å². The van der Waals surface area contributed by atoms with Crippen molar-refractivity contribution in [3.63, 3.8) is 0 Å². The average Bonchev–Trinajstić information content (AvgIpc) is 2.95. The first-order valence-corrected chi connectivity index (χ1v) is 9.34. The number of primary amides is 1. The number of carbonyl (C=O) groups excluding carboxylic acids is 1. The van der Waals surface area contributed by atoms with Crippen LogP contribution in [-0.4, -0.2) is 49.8 Å². The van der Waals surface area contributed by atoms with Gasteiger partial charge in [0.25, 0.3) is 5.91 Å². The molecule has 4 N–H and O–H groups in total. The van der Waals surface area contributed by atoms with Gasteiger partial charge in [-0.15, -0.1) is 0 Å². The van der Waals surface area contributed by atoms with Gasteiger partial charge in [-0.3, -0.25) is 4.79 Å². The number of nitrogens with zero attached hydrogens (tertiary/aromatic N) is 2. The fourth-order valence-electron chi connectivity index (χ4n) is 4.44. The molecule has 0 unspecified atom stereocenters. The van der Waals surface area contributed by atoms with Crippen molar-refractivity contribution in [2.24, 2.45) is 16.9 Å². The number of benzene rings is 1. The lowest BCUT2D eigenvalue weighted by molar-refractivity contribution is 0.0974. The molecule has 0 aliphatic carbocycles. The summed E-state index contributed by atoms with van der Waals surface area (Å²) in [5.74, 6) is 0.867. The molecular weight excluding hydrogens is 344 g/mol. The third-order valence-corrected chi connectivity index (χ3v) is 6.23. The van der Waals surface area contributed by atoms with E-state index in [1.54, 1.807) is 12.3 Å². The highest BCUT2D eigenvalue weighted by Gasteiger charge is 2.47. The summed E-state index contributed by atoms with van der Waals surface area (Å²) in [5, 5.41) is 1.88. The van der Waals surface area contributed by atoms with Gasteiger partial charge < -0.3 is 25.8 Å². The van der Waals surface area contributed by atoms with Crippen molar-refractivity contribution >= 4 is 22.5 Å². The molecule has 27 heavy (non-hydrogen) atoms. The molecule has 2 fully saturated rings. The monoisotopic (exact) mass is 370 g/mol. The lowest BCUT2D eigenvalue weighted by Crippen LogP contribution is -2.50. The second-order valence-electron chi connectivity index (χ2n) is 7.66. The minimum absolute atomic E-state index is 0.0668. The van der Waals surface area contributed by atoms with Crippen LogP contribution in [0.1, 0.15) is 30.1 Å². The molecule has 0 saturated carbocycles. The predicted molar refractivity (Wildman–Crippen MR) is 104 cm³/mol. The van der Waals surface area contributed by atoms with Crippen LogP contribution in [0.15, 0.2) is 24.4 Å². The number of hydrogen-bond donors (Lipinski definition) is 2. The van der Waals surface area contributed by atoms with Gasteiger partial charge in [0.2, 0.25) is 0 Å². The summed E-state index contributed by atoms with van der Waals surface area (Å²) >= 11 is 0. The number of methoxy groups -OCH3 is 1. The molecule has 2 aromatic rings. The lowest BCUT2D eigenvalue weighted by Gasteiger charge is -2.41. The number of anilines is 1. The highest BCUT2D eigenvalue weighted by Crippen LogP contribution is 2.42. The Morgan fingerprint density at radius 2 is 2.11 bits per heavy atom. The first-order chi connectivity index (χ1) is 12.9. The van der Waals surface area contributed by atoms with E-state index < -0.39 is 5.91 Å². The van der Waals surface area contributed by atoms with Crippen LogP contribution in [0.4, 0.5) is 5.82 Å². The van der Waals surface area contributed by atoms with Gasteiger partial charge in [0.15, 0.2) is 0 Å². The molecule has 1 aromatic carbocycles. The Labute approximate surface area is 158 Å². The van der Waals surface area contributed by atoms with E-state index in [4.69, 9.17) is 20.9 Å². The van der Waals surface area contributed by atoms with Gasteiger partial charge in [0.05, 0.1) is 25.4 Å². The van der Waals surface area contributed by atoms with E-state index in [0.717, 1.165) is 49.1 Å². The highest BCUT2D eigenvalue weighted by atomic mass is 16.5. The van der Waals surface area contributed by atoms with Gasteiger partial charge in [-0.25, -0.2) is 4.98 Å². The minimum Gasteiger partial charge on any atom is -0.496 e. The topological polar surface area (TPSA) is 104 Å². The summed E-state index contributed by atoms with van der Waals surface area (Å²) in [7, 11) is 1.54. The van der Waals surface area contributed by atoms with Crippen molar-refractivity contribution < 1.29 is 14.3 Å². The minimum atomic E-state index is -0.503. The molecule has 2 aliphatic rings. The Bertz CT molecular complexity index is 877. The van der Waals surface area contributed by atoms with E-state index in [9.17, 15) is 4.79 Å². The number of fused-ring (bicyclic) bond motifs is 1. The molecule has 1 amide bonds. The molecule has 7 nitrogen and oxygen atoms in total. The molecule has 0 radical (unpaired) electrons. The lowest BCUT2D eigenvalue weighted by atomic mass is 9.73. The number of pyridine rings is 1. The Hall–Kier alpha value is -2.38. The zero-order valence-corrected chi connectivity index (χ0v) is 15.8. The zero-order valence-electron chi connectivity index (χ0n) is 15.8. The summed E-state index contributed by atoms with van der Waals surface area (Å²) in [6.45, 7) is 4.54. The van der Waals surface area contributed by atoms with Gasteiger partial charge in [0, 0.05) is 36.1 Å². The number of nitrogens with two attached hydrogens (primary N) is 2. The Kier molecular flexibility index (Phi) is 4.44. The number of piperidine rings is 1. The molecule has 2 atom stereocenters. The number of carbonyl (C=O) groups is 1. The Balaban J connectivity index is 1.66. The first kappa shape index (κ1) is 18.0. The van der Waals surface area contributed by atoms with Crippen molar-refractivity contribution in [2.45, 2.75) is 31.9 Å². The first-order valence-electron chi connectivity index (χ1n) is 9.34. The van der Waals surface area contributed by atoms with Crippen molar-refractivity contribution in [1.82, 2.24) is 4.98 Å². The summed E-state index contributed by atoms with van der Waals surface area (Å²) < 4.78 is 11.2. The maximum Gasteiger partial charge on any atom is 0.252 e. The van der Waals surface area contributed by atoms with E-state index in [1.165, 1.54) is 7.11 Å². The van der Waals surface area contributed by atoms with Crippen LogP contribution in [0.5, 0.6) is 5.75 Å². The number of hydrogen-bond acceptors (Lipinski definition) is 6. The van der Waals surface area contributed by atoms with Crippen LogP contribution < -0.4 is 21.1 Å². The van der Waals surface area contributed by atoms with E-state index >= 15 is 0 Å². The van der Waals surface area contributed by atoms with Crippen LogP contribution >= 0.6 is 0 Å². The molecule has 2 aliphatic heterocycles. The van der Waals surface area contributed by atoms with E-state index in [-0.39, 0.29) is 17.6 Å². The van der Waals surface area contributed by atoms with E-state index in [0.29, 0.717) is 11.3 Å². The van der Waals surface area contributed by atoms with Gasteiger partial charge >= 0.3 is 0 Å². The summed E-state index contributed by atoms with van der Waals surface area (Å²) in [5.41, 5.74) is 12.4. The van der Waals surface area contributed by atoms with Gasteiger partial charge in [-0.05, 0) is 43.4 Å². The number of rotatable bonds is 3. The summed E-state index contributed by atoms with van der Waals surface area (Å²) in [6, 6.07) is 5.60. The van der Waals surface area contributed by atoms with Crippen molar-refractivity contribution in [2.75, 3.05) is 31.7 Å². The smallest absolute Gasteiger partial charge is 0.252 e. The largest absolute Gasteiger partial charge is 0.496 e. The van der Waals surface area contributed by atoms with Crippen molar-refractivity contribution in [1.29, 1.82) is 0 Å². The van der Waals surface area contributed by atoms with Gasteiger partial charge in [-0.2, -0.15) is 0 Å². The number of aromatic nitrogens is 1. The maximum absolute atomic E-state index is 11.7. The van der Waals surface area contributed by atoms with Crippen LogP contribution in [0, 0.1) is 5.41 Å². The Morgan fingerprint density at radius 3 is 2.70 bits per heavy atom. The van der Waals surface area contributed by atoms with Crippen LogP contribution in [0.25, 0.3) is 10.8 Å². The fraction of sp³-hybridized carbons (Fsp3) is 0.500. The van der Waals surface area contributed by atoms with Crippen LogP contribution in [0.2, 0.25) is 0 Å². The summed E-state index contributed by atoms with van der Waals surface area (Å²) in [6.07, 6.45) is 3.84. The molecule has 1 spiro atoms. The van der Waals surface area contributed by atoms with Gasteiger partial charge in [0.1, 0.15) is 11.6 Å². The molecule has 3 heterocycles. The van der Waals surface area contributed by atoms with Crippen molar-refractivity contribution in [3.8, 4) is 5.75 Å². The summed E-state index contributed by atoms with van der Waals surface area (Å²) in [4.78, 5) is 18.6. The molecule has 1 aromatic heterocycles. The third-order valence-electron chi connectivity index (χ3n) is 6.23. The third kappa shape index (κ3) is 2.91. The molecular formula is C20H26N4O3. The number of amides is 1. The predicted octanol–water partition coefficient (Wildman–Crippen LogP) is 1.67. The molecule has 4 rings (SSSR count). The fourth-order valence-corrected chi connectivity index (χ4v) is 4.44. The van der Waals surface area contributed by atoms with E-state index in [2.05, 4.69) is 16.8 Å². The second kappa shape index (κ2) is 6.65. The van der Waals surface area contributed by atoms with Crippen LogP contribution in [0.3, 0.4) is 0 Å². The molecule has 2 saturated heterocycles. The molecule has 7 heteroatoms. The van der Waals surface area contributed by atoms with Gasteiger partial charge in [-0.1, -0.05) is 0 Å². The van der Waals surface area contributed by atoms with Crippen molar-refractivity contribution in [3.05, 3.63) is 30.0 Å². The normalized spacial score (nSPS) is 24.5. The average molecular weight is 370 g/mol. The Morgan fingerprint density at radius 1 is 1.37 bits per heavy atom. The molecule has 144 valence electrons. The van der Waals surface area contributed by atoms with Crippen LogP contribution in [-0.2, 0) is 4.74 Å². The maximum atomic E-state index is 11.7. The second-order valence-corrected chi connectivity index (χ2v) is 7.66. The number of ether oxygens (including phenoxy) is 2. The zero-order chi connectivity index (χ0) is 19.2. The highest BCUT2D eigenvalue weighted by molar-refractivity contribution is 6.03. The quantitative estimate of drug-likeness (QED) is 0.852. The SMILES string of the molecule is COc1cc2c(N3CCC4(CC3)CO[C@@H](C)[C@@H]4N)nccc2cc1C(N)=O. The molecule has 0 bridgehead atoms. The standard InChI is InChI=1S/C20H26N4O3/c1-12-17(21)20(11-27-12)4-7-24(8-5-20)19-14-10-16(26-2)15(18(22)25)9-13(14)3-6-23-19/h3,6,9-10,12,17H,4-5,7-8,11,21H2,1-2H3,(H2,22,25)/t12-,17-/m0/s1.